The van der Waals surface area contributed by atoms with E-state index >= 15 is 0 Å². The van der Waals surface area contributed by atoms with Crippen LogP contribution in [0.15, 0.2) is 0 Å². The van der Waals surface area contributed by atoms with E-state index in [1.165, 1.54) is 18.6 Å². The summed E-state index contributed by atoms with van der Waals surface area (Å²) in [4.78, 5) is 0. The van der Waals surface area contributed by atoms with E-state index in [2.05, 4.69) is 16.3 Å². The minimum Gasteiger partial charge on any atom is -0.315 e. The van der Waals surface area contributed by atoms with Gasteiger partial charge in [-0.05, 0) is 44.2 Å². The fraction of sp³-hybridized carbons (Fsp3) is 1.00. The van der Waals surface area contributed by atoms with Crippen molar-refractivity contribution in [2.24, 2.45) is 0 Å². The van der Waals surface area contributed by atoms with E-state index in [1.54, 1.807) is 0 Å². The summed E-state index contributed by atoms with van der Waals surface area (Å²) in [7, 11) is -3.10. The number of sulfonamides is 1. The van der Waals surface area contributed by atoms with Crippen LogP contribution in [0.4, 0.5) is 0 Å². The Labute approximate surface area is 116 Å². The van der Waals surface area contributed by atoms with E-state index in [0.717, 1.165) is 32.2 Å². The molecular weight excluding hydrogens is 268 g/mol. The van der Waals surface area contributed by atoms with Crippen molar-refractivity contribution in [2.75, 3.05) is 31.6 Å². The molecule has 0 saturated carbocycles. The molecule has 4 nitrogen and oxygen atoms in total. The lowest BCUT2D eigenvalue weighted by atomic mass is 10.2. The molecule has 1 saturated heterocycles. The number of hydrogen-bond donors (Lipinski definition) is 2. The van der Waals surface area contributed by atoms with Gasteiger partial charge in [0.05, 0.1) is 5.25 Å². The first-order chi connectivity index (χ1) is 8.67. The highest BCUT2D eigenvalue weighted by Gasteiger charge is 2.26. The van der Waals surface area contributed by atoms with Gasteiger partial charge in [-0.3, -0.25) is 0 Å². The first-order valence-electron chi connectivity index (χ1n) is 6.85. The molecule has 1 aliphatic heterocycles. The van der Waals surface area contributed by atoms with Gasteiger partial charge in [0.15, 0.2) is 0 Å². The van der Waals surface area contributed by atoms with Crippen LogP contribution >= 0.6 is 11.8 Å². The zero-order valence-corrected chi connectivity index (χ0v) is 12.9. The SMILES string of the molecule is CSCCCCCCNS(=O)(=O)C1CCCNC1. The fourth-order valence-corrected chi connectivity index (χ4v) is 4.11. The van der Waals surface area contributed by atoms with Crippen LogP contribution in [0.3, 0.4) is 0 Å². The summed E-state index contributed by atoms with van der Waals surface area (Å²) < 4.78 is 26.7. The maximum absolute atomic E-state index is 12.0. The van der Waals surface area contributed by atoms with Gasteiger partial charge >= 0.3 is 0 Å². The summed E-state index contributed by atoms with van der Waals surface area (Å²) in [6.45, 7) is 2.14. The molecule has 1 aliphatic rings. The minimum absolute atomic E-state index is 0.234. The molecule has 2 N–H and O–H groups in total. The van der Waals surface area contributed by atoms with Crippen molar-refractivity contribution < 1.29 is 8.42 Å². The molecule has 1 heterocycles. The molecular formula is C12H26N2O2S2. The fourth-order valence-electron chi connectivity index (χ4n) is 2.14. The van der Waals surface area contributed by atoms with Crippen molar-refractivity contribution in [1.82, 2.24) is 10.0 Å². The van der Waals surface area contributed by atoms with Gasteiger partial charge in [-0.15, -0.1) is 0 Å². The highest BCUT2D eigenvalue weighted by molar-refractivity contribution is 7.98. The Hall–Kier alpha value is 0.220. The Bertz CT molecular complexity index is 301. The normalized spacial score (nSPS) is 21.1. The van der Waals surface area contributed by atoms with Gasteiger partial charge in [0, 0.05) is 13.1 Å². The van der Waals surface area contributed by atoms with Crippen molar-refractivity contribution in [2.45, 2.75) is 43.8 Å². The number of piperidine rings is 1. The summed E-state index contributed by atoms with van der Waals surface area (Å²) in [5.74, 6) is 1.21. The van der Waals surface area contributed by atoms with Crippen LogP contribution in [-0.4, -0.2) is 45.3 Å². The molecule has 0 aromatic carbocycles. The summed E-state index contributed by atoms with van der Waals surface area (Å²) >= 11 is 1.87. The van der Waals surface area contributed by atoms with E-state index in [4.69, 9.17) is 0 Å². The Morgan fingerprint density at radius 3 is 2.72 bits per heavy atom. The molecule has 1 rings (SSSR count). The standard InChI is InChI=1S/C12H26N2O2S2/c1-17-10-5-3-2-4-9-14-18(15,16)12-7-6-8-13-11-12/h12-14H,2-11H2,1H3. The zero-order valence-electron chi connectivity index (χ0n) is 11.3. The average molecular weight is 294 g/mol. The third-order valence-corrected chi connectivity index (χ3v) is 5.85. The van der Waals surface area contributed by atoms with Crippen molar-refractivity contribution in [1.29, 1.82) is 0 Å². The van der Waals surface area contributed by atoms with Gasteiger partial charge in [0.25, 0.3) is 0 Å². The van der Waals surface area contributed by atoms with Gasteiger partial charge in [-0.25, -0.2) is 13.1 Å². The predicted molar refractivity (Wildman–Crippen MR) is 79.7 cm³/mol. The van der Waals surface area contributed by atoms with Crippen molar-refractivity contribution in [3.63, 3.8) is 0 Å². The van der Waals surface area contributed by atoms with E-state index in [1.807, 2.05) is 11.8 Å². The van der Waals surface area contributed by atoms with Crippen LogP contribution in [0.1, 0.15) is 38.5 Å². The second-order valence-electron chi connectivity index (χ2n) is 4.81. The third-order valence-electron chi connectivity index (χ3n) is 3.27. The smallest absolute Gasteiger partial charge is 0.215 e. The second-order valence-corrected chi connectivity index (χ2v) is 7.85. The van der Waals surface area contributed by atoms with E-state index in [9.17, 15) is 8.42 Å². The largest absolute Gasteiger partial charge is 0.315 e. The van der Waals surface area contributed by atoms with Gasteiger partial charge in [0.1, 0.15) is 0 Å². The quantitative estimate of drug-likeness (QED) is 0.634. The predicted octanol–water partition coefficient (Wildman–Crippen LogP) is 1.58. The highest BCUT2D eigenvalue weighted by atomic mass is 32.2. The molecule has 0 bridgehead atoms. The lowest BCUT2D eigenvalue weighted by molar-refractivity contribution is 0.489. The number of thioether (sulfide) groups is 1. The first-order valence-corrected chi connectivity index (χ1v) is 9.79. The molecule has 0 amide bonds. The molecule has 0 aliphatic carbocycles. The number of hydrogen-bond acceptors (Lipinski definition) is 4. The molecule has 0 radical (unpaired) electrons. The Kier molecular flexibility index (Phi) is 8.30. The van der Waals surface area contributed by atoms with Crippen molar-refractivity contribution in [3.05, 3.63) is 0 Å². The van der Waals surface area contributed by atoms with Gasteiger partial charge < -0.3 is 5.32 Å². The van der Waals surface area contributed by atoms with Crippen LogP contribution in [0, 0.1) is 0 Å². The van der Waals surface area contributed by atoms with E-state index in [-0.39, 0.29) is 5.25 Å². The van der Waals surface area contributed by atoms with Crippen molar-refractivity contribution in [3.8, 4) is 0 Å². The minimum atomic E-state index is -3.10. The van der Waals surface area contributed by atoms with Gasteiger partial charge in [0.2, 0.25) is 10.0 Å². The van der Waals surface area contributed by atoms with Crippen LogP contribution in [0.25, 0.3) is 0 Å². The Morgan fingerprint density at radius 1 is 1.28 bits per heavy atom. The summed E-state index contributed by atoms with van der Waals surface area (Å²) in [5, 5.41) is 2.91. The van der Waals surface area contributed by atoms with E-state index < -0.39 is 10.0 Å². The van der Waals surface area contributed by atoms with Crippen LogP contribution in [0.2, 0.25) is 0 Å². The molecule has 6 heteroatoms. The number of rotatable bonds is 9. The maximum Gasteiger partial charge on any atom is 0.215 e. The maximum atomic E-state index is 12.0. The van der Waals surface area contributed by atoms with E-state index in [0.29, 0.717) is 13.1 Å². The summed E-state index contributed by atoms with van der Waals surface area (Å²) in [5.41, 5.74) is 0. The summed E-state index contributed by atoms with van der Waals surface area (Å²) in [6, 6.07) is 0. The Morgan fingerprint density at radius 2 is 2.06 bits per heavy atom. The molecule has 0 spiro atoms. The lowest BCUT2D eigenvalue weighted by Crippen LogP contribution is -2.44. The molecule has 1 fully saturated rings. The zero-order chi connectivity index (χ0) is 13.3. The summed E-state index contributed by atoms with van der Waals surface area (Å²) in [6.07, 6.45) is 8.37. The molecule has 1 atom stereocenters. The lowest BCUT2D eigenvalue weighted by Gasteiger charge is -2.22. The average Bonchev–Trinajstić information content (AvgIpc) is 2.39. The molecule has 0 aromatic heterocycles. The Balaban J connectivity index is 2.09. The first kappa shape index (κ1) is 16.3. The molecule has 0 aromatic rings. The highest BCUT2D eigenvalue weighted by Crippen LogP contribution is 2.10. The van der Waals surface area contributed by atoms with Gasteiger partial charge in [-0.1, -0.05) is 12.8 Å². The van der Waals surface area contributed by atoms with Gasteiger partial charge in [-0.2, -0.15) is 11.8 Å². The molecule has 108 valence electrons. The third kappa shape index (κ3) is 6.41. The van der Waals surface area contributed by atoms with Crippen molar-refractivity contribution >= 4 is 21.8 Å². The topological polar surface area (TPSA) is 58.2 Å². The molecule has 1 unspecified atom stereocenters. The van der Waals surface area contributed by atoms with Crippen LogP contribution in [-0.2, 0) is 10.0 Å². The number of nitrogens with one attached hydrogen (secondary N) is 2. The second kappa shape index (κ2) is 9.18. The van der Waals surface area contributed by atoms with Crippen LogP contribution < -0.4 is 10.0 Å². The molecule has 18 heavy (non-hydrogen) atoms. The monoisotopic (exact) mass is 294 g/mol. The van der Waals surface area contributed by atoms with Crippen LogP contribution in [0.5, 0.6) is 0 Å². The number of unbranched alkanes of at least 4 members (excludes halogenated alkanes) is 3.